The molecule has 0 saturated carbocycles. The molecule has 1 fully saturated rings. The molecule has 1 unspecified atom stereocenters. The predicted octanol–water partition coefficient (Wildman–Crippen LogP) is 2.89. The summed E-state index contributed by atoms with van der Waals surface area (Å²) in [7, 11) is 2.10. The zero-order chi connectivity index (χ0) is 18.4. The van der Waals surface area contributed by atoms with Crippen molar-refractivity contribution >= 4 is 28.1 Å². The molecule has 0 aliphatic carbocycles. The van der Waals surface area contributed by atoms with Crippen LogP contribution in [0.1, 0.15) is 24.8 Å². The molecule has 1 atom stereocenters. The SMILES string of the molecule is CCc1nnc(NC(=O)CCN(C)CC2CCN(c3ccccc3)C2)s1. The molecule has 1 amide bonds. The van der Waals surface area contributed by atoms with Crippen LogP contribution in [0, 0.1) is 5.92 Å². The molecule has 6 nitrogen and oxygen atoms in total. The highest BCUT2D eigenvalue weighted by molar-refractivity contribution is 7.15. The fourth-order valence-electron chi connectivity index (χ4n) is 3.31. The van der Waals surface area contributed by atoms with Gasteiger partial charge < -0.3 is 15.1 Å². The second kappa shape index (κ2) is 9.09. The minimum absolute atomic E-state index is 0.00740. The zero-order valence-electron chi connectivity index (χ0n) is 15.5. The van der Waals surface area contributed by atoms with Crippen molar-refractivity contribution in [3.05, 3.63) is 35.3 Å². The average Bonchev–Trinajstić information content (AvgIpc) is 3.30. The Hall–Kier alpha value is -1.99. The lowest BCUT2D eigenvalue weighted by molar-refractivity contribution is -0.116. The van der Waals surface area contributed by atoms with Gasteiger partial charge in [-0.15, -0.1) is 10.2 Å². The van der Waals surface area contributed by atoms with Gasteiger partial charge in [-0.1, -0.05) is 36.5 Å². The highest BCUT2D eigenvalue weighted by Gasteiger charge is 2.23. The van der Waals surface area contributed by atoms with Crippen LogP contribution in [0.25, 0.3) is 0 Å². The Balaban J connectivity index is 1.37. The number of para-hydroxylation sites is 1. The molecule has 1 aliphatic heterocycles. The first-order valence-electron chi connectivity index (χ1n) is 9.24. The second-order valence-electron chi connectivity index (χ2n) is 6.85. The van der Waals surface area contributed by atoms with E-state index in [2.05, 4.69) is 62.7 Å². The van der Waals surface area contributed by atoms with Gasteiger partial charge in [0.2, 0.25) is 11.0 Å². The van der Waals surface area contributed by atoms with E-state index in [1.165, 1.54) is 23.4 Å². The fraction of sp³-hybridized carbons (Fsp3) is 0.526. The van der Waals surface area contributed by atoms with E-state index < -0.39 is 0 Å². The van der Waals surface area contributed by atoms with Crippen LogP contribution in [0.5, 0.6) is 0 Å². The molecule has 1 N–H and O–H groups in total. The van der Waals surface area contributed by atoms with Crippen LogP contribution in [-0.2, 0) is 11.2 Å². The van der Waals surface area contributed by atoms with Crippen molar-refractivity contribution in [1.82, 2.24) is 15.1 Å². The minimum atomic E-state index is 0.00740. The molecular weight excluding hydrogens is 346 g/mol. The number of rotatable bonds is 8. The van der Waals surface area contributed by atoms with E-state index in [4.69, 9.17) is 0 Å². The number of anilines is 2. The Morgan fingerprint density at radius 1 is 1.35 bits per heavy atom. The Morgan fingerprint density at radius 3 is 2.88 bits per heavy atom. The number of aryl methyl sites for hydroxylation is 1. The molecule has 26 heavy (non-hydrogen) atoms. The molecule has 0 bridgehead atoms. The number of nitrogens with zero attached hydrogens (tertiary/aromatic N) is 4. The lowest BCUT2D eigenvalue weighted by Gasteiger charge is -2.22. The number of carbonyl (C=O) groups is 1. The van der Waals surface area contributed by atoms with Crippen molar-refractivity contribution in [2.45, 2.75) is 26.2 Å². The van der Waals surface area contributed by atoms with E-state index in [9.17, 15) is 4.79 Å². The Labute approximate surface area is 159 Å². The molecule has 0 spiro atoms. The predicted molar refractivity (Wildman–Crippen MR) is 107 cm³/mol. The number of amides is 1. The Morgan fingerprint density at radius 2 is 2.15 bits per heavy atom. The topological polar surface area (TPSA) is 61.4 Å². The van der Waals surface area contributed by atoms with E-state index in [1.54, 1.807) is 0 Å². The van der Waals surface area contributed by atoms with Crippen molar-refractivity contribution in [1.29, 1.82) is 0 Å². The maximum Gasteiger partial charge on any atom is 0.227 e. The largest absolute Gasteiger partial charge is 0.371 e. The van der Waals surface area contributed by atoms with Gasteiger partial charge in [0.1, 0.15) is 5.01 Å². The van der Waals surface area contributed by atoms with Gasteiger partial charge in [0.05, 0.1) is 0 Å². The number of aromatic nitrogens is 2. The van der Waals surface area contributed by atoms with Crippen LogP contribution in [0.2, 0.25) is 0 Å². The van der Waals surface area contributed by atoms with Gasteiger partial charge in [0, 0.05) is 38.3 Å². The molecule has 1 aromatic carbocycles. The monoisotopic (exact) mass is 373 g/mol. The van der Waals surface area contributed by atoms with Crippen LogP contribution in [0.3, 0.4) is 0 Å². The molecule has 3 rings (SSSR count). The van der Waals surface area contributed by atoms with Crippen LogP contribution < -0.4 is 10.2 Å². The Bertz CT molecular complexity index is 705. The molecule has 1 saturated heterocycles. The first-order chi connectivity index (χ1) is 12.6. The number of benzene rings is 1. The highest BCUT2D eigenvalue weighted by Crippen LogP contribution is 2.24. The van der Waals surface area contributed by atoms with Gasteiger partial charge in [-0.25, -0.2) is 0 Å². The lowest BCUT2D eigenvalue weighted by atomic mass is 10.1. The maximum absolute atomic E-state index is 12.1. The summed E-state index contributed by atoms with van der Waals surface area (Å²) in [6.45, 7) is 6.01. The van der Waals surface area contributed by atoms with E-state index in [0.717, 1.165) is 37.6 Å². The van der Waals surface area contributed by atoms with Crippen molar-refractivity contribution in [3.63, 3.8) is 0 Å². The van der Waals surface area contributed by atoms with Gasteiger partial charge in [-0.2, -0.15) is 0 Å². The van der Waals surface area contributed by atoms with Crippen molar-refractivity contribution in [2.75, 3.05) is 43.4 Å². The third-order valence-electron chi connectivity index (χ3n) is 4.71. The maximum atomic E-state index is 12.1. The van der Waals surface area contributed by atoms with Gasteiger partial charge >= 0.3 is 0 Å². The third-order valence-corrected chi connectivity index (χ3v) is 5.70. The number of nitrogens with one attached hydrogen (secondary N) is 1. The average molecular weight is 374 g/mol. The molecule has 140 valence electrons. The van der Waals surface area contributed by atoms with E-state index in [1.807, 2.05) is 6.92 Å². The summed E-state index contributed by atoms with van der Waals surface area (Å²) in [4.78, 5) is 16.8. The van der Waals surface area contributed by atoms with Crippen molar-refractivity contribution in [3.8, 4) is 0 Å². The van der Waals surface area contributed by atoms with Gasteiger partial charge in [-0.3, -0.25) is 4.79 Å². The van der Waals surface area contributed by atoms with Gasteiger partial charge in [0.25, 0.3) is 0 Å². The molecule has 0 radical (unpaired) electrons. The van der Waals surface area contributed by atoms with Crippen LogP contribution >= 0.6 is 11.3 Å². The molecule has 2 aromatic rings. The van der Waals surface area contributed by atoms with E-state index in [0.29, 0.717) is 17.5 Å². The number of hydrogen-bond donors (Lipinski definition) is 1. The van der Waals surface area contributed by atoms with E-state index >= 15 is 0 Å². The van der Waals surface area contributed by atoms with Crippen molar-refractivity contribution < 1.29 is 4.79 Å². The summed E-state index contributed by atoms with van der Waals surface area (Å²) < 4.78 is 0. The molecule has 7 heteroatoms. The van der Waals surface area contributed by atoms with Crippen LogP contribution in [-0.4, -0.2) is 54.2 Å². The molecule has 1 aliphatic rings. The molecular formula is C19H27N5OS. The van der Waals surface area contributed by atoms with E-state index in [-0.39, 0.29) is 5.91 Å². The number of carbonyl (C=O) groups excluding carboxylic acids is 1. The fourth-order valence-corrected chi connectivity index (χ4v) is 4.00. The summed E-state index contributed by atoms with van der Waals surface area (Å²) in [6.07, 6.45) is 2.53. The summed E-state index contributed by atoms with van der Waals surface area (Å²) in [5, 5.41) is 12.4. The van der Waals surface area contributed by atoms with Crippen molar-refractivity contribution in [2.24, 2.45) is 5.92 Å². The second-order valence-corrected chi connectivity index (χ2v) is 7.91. The first-order valence-corrected chi connectivity index (χ1v) is 10.1. The standard InChI is InChI=1S/C19H27N5OS/c1-3-18-21-22-19(26-18)20-17(25)10-11-23(2)13-15-9-12-24(14-15)16-7-5-4-6-8-16/h4-8,15H,3,9-14H2,1-2H3,(H,20,22,25). The normalized spacial score (nSPS) is 17.0. The van der Waals surface area contributed by atoms with Gasteiger partial charge in [-0.05, 0) is 37.9 Å². The minimum Gasteiger partial charge on any atom is -0.371 e. The summed E-state index contributed by atoms with van der Waals surface area (Å²) >= 11 is 1.45. The highest BCUT2D eigenvalue weighted by atomic mass is 32.1. The molecule has 1 aromatic heterocycles. The lowest BCUT2D eigenvalue weighted by Crippen LogP contribution is -2.30. The number of hydrogen-bond acceptors (Lipinski definition) is 6. The van der Waals surface area contributed by atoms with Crippen LogP contribution in [0.15, 0.2) is 30.3 Å². The quantitative estimate of drug-likeness (QED) is 0.771. The summed E-state index contributed by atoms with van der Waals surface area (Å²) in [5.74, 6) is 0.659. The Kier molecular flexibility index (Phi) is 6.57. The van der Waals surface area contributed by atoms with Gasteiger partial charge in [0.15, 0.2) is 0 Å². The third kappa shape index (κ3) is 5.25. The zero-order valence-corrected chi connectivity index (χ0v) is 16.3. The summed E-state index contributed by atoms with van der Waals surface area (Å²) in [5.41, 5.74) is 1.31. The smallest absolute Gasteiger partial charge is 0.227 e. The molecule has 2 heterocycles. The van der Waals surface area contributed by atoms with Crippen LogP contribution in [0.4, 0.5) is 10.8 Å². The first kappa shape index (κ1) is 18.8. The summed E-state index contributed by atoms with van der Waals surface area (Å²) in [6, 6.07) is 10.6.